The molecule has 5 atom stereocenters. The molecule has 1 N–H and O–H groups in total. The minimum atomic E-state index is -0.325. The van der Waals surface area contributed by atoms with Gasteiger partial charge in [-0.3, -0.25) is 4.79 Å². The van der Waals surface area contributed by atoms with Crippen molar-refractivity contribution in [3.63, 3.8) is 0 Å². The third-order valence-electron chi connectivity index (χ3n) is 4.42. The maximum Gasteiger partial charge on any atom is 0.309 e. The van der Waals surface area contributed by atoms with E-state index in [1.165, 1.54) is 0 Å². The van der Waals surface area contributed by atoms with E-state index in [0.29, 0.717) is 31.2 Å². The number of rotatable bonds is 6. The lowest BCUT2D eigenvalue weighted by Gasteiger charge is -2.25. The number of epoxide rings is 1. The minimum absolute atomic E-state index is 0.0997. The molecule has 0 bridgehead atoms. The molecular weight excluding hydrogens is 244 g/mol. The van der Waals surface area contributed by atoms with Gasteiger partial charge in [0.2, 0.25) is 0 Å². The third-order valence-corrected chi connectivity index (χ3v) is 4.42. The molecule has 0 aromatic rings. The fraction of sp³-hybridized carbons (Fsp3) is 0.933. The number of aliphatic hydroxyl groups is 1. The highest BCUT2D eigenvalue weighted by atomic mass is 16.6. The molecule has 110 valence electrons. The van der Waals surface area contributed by atoms with Crippen LogP contribution in [0.1, 0.15) is 52.4 Å². The second-order valence-electron chi connectivity index (χ2n) is 6.04. The zero-order chi connectivity index (χ0) is 13.8. The predicted molar refractivity (Wildman–Crippen MR) is 71.7 cm³/mol. The van der Waals surface area contributed by atoms with E-state index < -0.39 is 0 Å². The number of hydrogen-bond acceptors (Lipinski definition) is 4. The van der Waals surface area contributed by atoms with E-state index in [9.17, 15) is 9.90 Å². The van der Waals surface area contributed by atoms with Crippen LogP contribution in [0.4, 0.5) is 0 Å². The number of aliphatic hydroxyl groups excluding tert-OH is 1. The fourth-order valence-corrected chi connectivity index (χ4v) is 2.85. The molecule has 1 aliphatic heterocycles. The van der Waals surface area contributed by atoms with Crippen LogP contribution in [0.25, 0.3) is 0 Å². The second-order valence-corrected chi connectivity index (χ2v) is 6.04. The summed E-state index contributed by atoms with van der Waals surface area (Å²) in [4.78, 5) is 12.0. The van der Waals surface area contributed by atoms with E-state index in [4.69, 9.17) is 9.47 Å². The lowest BCUT2D eigenvalue weighted by molar-refractivity contribution is -0.152. The molecule has 2 fully saturated rings. The molecule has 1 saturated heterocycles. The van der Waals surface area contributed by atoms with Crippen LogP contribution >= 0.6 is 0 Å². The van der Waals surface area contributed by atoms with Crippen LogP contribution < -0.4 is 0 Å². The Hall–Kier alpha value is -0.610. The van der Waals surface area contributed by atoms with Crippen molar-refractivity contribution >= 4 is 5.97 Å². The van der Waals surface area contributed by atoms with Gasteiger partial charge in [0.25, 0.3) is 0 Å². The molecule has 2 rings (SSSR count). The predicted octanol–water partition coefficient (Wildman–Crippen LogP) is 2.28. The van der Waals surface area contributed by atoms with Gasteiger partial charge in [0.05, 0.1) is 30.8 Å². The zero-order valence-electron chi connectivity index (χ0n) is 12.0. The molecule has 1 saturated carbocycles. The normalized spacial score (nSPS) is 35.7. The van der Waals surface area contributed by atoms with Crippen molar-refractivity contribution in [2.75, 3.05) is 6.61 Å². The Morgan fingerprint density at radius 2 is 2.21 bits per heavy atom. The summed E-state index contributed by atoms with van der Waals surface area (Å²) in [7, 11) is 0. The van der Waals surface area contributed by atoms with E-state index in [-0.39, 0.29) is 18.0 Å². The first-order chi connectivity index (χ1) is 9.10. The van der Waals surface area contributed by atoms with Crippen LogP contribution in [-0.4, -0.2) is 36.0 Å². The Morgan fingerprint density at radius 3 is 2.79 bits per heavy atom. The first kappa shape index (κ1) is 14.8. The quantitative estimate of drug-likeness (QED) is 0.594. The summed E-state index contributed by atoms with van der Waals surface area (Å²) in [6, 6.07) is 0. The van der Waals surface area contributed by atoms with Gasteiger partial charge >= 0.3 is 5.97 Å². The summed E-state index contributed by atoms with van der Waals surface area (Å²) < 4.78 is 10.9. The van der Waals surface area contributed by atoms with Gasteiger partial charge in [-0.1, -0.05) is 13.3 Å². The van der Waals surface area contributed by atoms with Gasteiger partial charge in [0.1, 0.15) is 0 Å². The highest BCUT2D eigenvalue weighted by Gasteiger charge is 2.36. The average Bonchev–Trinajstić information content (AvgIpc) is 3.09. The molecule has 2 aliphatic rings. The van der Waals surface area contributed by atoms with Gasteiger partial charge in [0, 0.05) is 0 Å². The van der Waals surface area contributed by atoms with Crippen LogP contribution in [0.2, 0.25) is 0 Å². The van der Waals surface area contributed by atoms with Crippen molar-refractivity contribution in [3.05, 3.63) is 0 Å². The molecule has 0 spiro atoms. The largest absolute Gasteiger partial charge is 0.465 e. The fourth-order valence-electron chi connectivity index (χ4n) is 2.85. The maximum atomic E-state index is 12.0. The summed E-state index contributed by atoms with van der Waals surface area (Å²) in [6.45, 7) is 4.69. The van der Waals surface area contributed by atoms with Gasteiger partial charge in [-0.2, -0.15) is 0 Å². The smallest absolute Gasteiger partial charge is 0.309 e. The van der Waals surface area contributed by atoms with Gasteiger partial charge in [-0.15, -0.1) is 0 Å². The van der Waals surface area contributed by atoms with Crippen LogP contribution in [0, 0.1) is 11.8 Å². The molecular formula is C15H26O4. The molecule has 0 aromatic carbocycles. The standard InChI is InChI=1S/C15H26O4/c1-3-11(7-14-10(2)19-14)9-18-15(17)12-5-4-6-13(16)8-12/h10-14,16H,3-9H2,1-2H3. The van der Waals surface area contributed by atoms with Gasteiger partial charge in [-0.25, -0.2) is 0 Å². The second kappa shape index (κ2) is 6.71. The maximum absolute atomic E-state index is 12.0. The van der Waals surface area contributed by atoms with Crippen molar-refractivity contribution < 1.29 is 19.4 Å². The number of carbonyl (C=O) groups is 1. The molecule has 0 amide bonds. The summed E-state index contributed by atoms with van der Waals surface area (Å²) in [6.07, 6.45) is 5.57. The van der Waals surface area contributed by atoms with E-state index in [0.717, 1.165) is 32.1 Å². The SMILES string of the molecule is CCC(COC(=O)C1CCCC(O)C1)CC1OC1C. The number of ether oxygens (including phenoxy) is 2. The van der Waals surface area contributed by atoms with Crippen LogP contribution in [0.15, 0.2) is 0 Å². The lowest BCUT2D eigenvalue weighted by Crippen LogP contribution is -2.28. The summed E-state index contributed by atoms with van der Waals surface area (Å²) >= 11 is 0. The van der Waals surface area contributed by atoms with Crippen LogP contribution in [-0.2, 0) is 14.3 Å². The summed E-state index contributed by atoms with van der Waals surface area (Å²) in [5.41, 5.74) is 0. The molecule has 1 aliphatic carbocycles. The monoisotopic (exact) mass is 270 g/mol. The first-order valence-corrected chi connectivity index (χ1v) is 7.60. The summed E-state index contributed by atoms with van der Waals surface area (Å²) in [5.74, 6) is 0.173. The number of esters is 1. The van der Waals surface area contributed by atoms with Crippen LogP contribution in [0.3, 0.4) is 0 Å². The third kappa shape index (κ3) is 4.46. The molecule has 4 nitrogen and oxygen atoms in total. The minimum Gasteiger partial charge on any atom is -0.465 e. The topological polar surface area (TPSA) is 59.1 Å². The first-order valence-electron chi connectivity index (χ1n) is 7.60. The molecule has 0 radical (unpaired) electrons. The molecule has 5 unspecified atom stereocenters. The van der Waals surface area contributed by atoms with Crippen molar-refractivity contribution in [2.24, 2.45) is 11.8 Å². The Morgan fingerprint density at radius 1 is 1.47 bits per heavy atom. The van der Waals surface area contributed by atoms with Crippen LogP contribution in [0.5, 0.6) is 0 Å². The highest BCUT2D eigenvalue weighted by Crippen LogP contribution is 2.30. The Kier molecular flexibility index (Phi) is 5.22. The average molecular weight is 270 g/mol. The Balaban J connectivity index is 1.69. The number of hydrogen-bond donors (Lipinski definition) is 1. The molecule has 19 heavy (non-hydrogen) atoms. The van der Waals surface area contributed by atoms with Gasteiger partial charge < -0.3 is 14.6 Å². The molecule has 1 heterocycles. The van der Waals surface area contributed by atoms with E-state index in [1.807, 2.05) is 0 Å². The van der Waals surface area contributed by atoms with Crippen molar-refractivity contribution in [1.82, 2.24) is 0 Å². The highest BCUT2D eigenvalue weighted by molar-refractivity contribution is 5.72. The Labute approximate surface area is 115 Å². The van der Waals surface area contributed by atoms with Crippen molar-refractivity contribution in [2.45, 2.75) is 70.7 Å². The van der Waals surface area contributed by atoms with Gasteiger partial charge in [0.15, 0.2) is 0 Å². The Bertz CT molecular complexity index is 305. The van der Waals surface area contributed by atoms with E-state index >= 15 is 0 Å². The lowest BCUT2D eigenvalue weighted by atomic mass is 9.87. The molecule has 0 aromatic heterocycles. The van der Waals surface area contributed by atoms with Gasteiger partial charge in [-0.05, 0) is 44.9 Å². The van der Waals surface area contributed by atoms with Crippen molar-refractivity contribution in [3.8, 4) is 0 Å². The van der Waals surface area contributed by atoms with E-state index in [2.05, 4.69) is 13.8 Å². The summed E-state index contributed by atoms with van der Waals surface area (Å²) in [5, 5.41) is 9.58. The van der Waals surface area contributed by atoms with Crippen molar-refractivity contribution in [1.29, 1.82) is 0 Å². The zero-order valence-corrected chi connectivity index (χ0v) is 12.0. The number of carbonyl (C=O) groups excluding carboxylic acids is 1. The molecule has 4 heteroatoms. The van der Waals surface area contributed by atoms with E-state index in [1.54, 1.807) is 0 Å².